The monoisotopic (exact) mass is 618 g/mol. The Morgan fingerprint density at radius 3 is 2.42 bits per heavy atom. The van der Waals surface area contributed by atoms with Crippen LogP contribution in [0.15, 0.2) is 42.5 Å². The molecule has 11 nitrogen and oxygen atoms in total. The Bertz CT molecular complexity index is 1510. The largest absolute Gasteiger partial charge is 0.496 e. The zero-order valence-corrected chi connectivity index (χ0v) is 25.8. The molecule has 1 aromatic heterocycles. The van der Waals surface area contributed by atoms with Crippen LogP contribution in [0.4, 0.5) is 10.2 Å². The average molecular weight is 619 g/mol. The quantitative estimate of drug-likeness (QED) is 0.272. The third kappa shape index (κ3) is 6.82. The van der Waals surface area contributed by atoms with Crippen molar-refractivity contribution in [3.8, 4) is 17.0 Å². The van der Waals surface area contributed by atoms with Crippen LogP contribution >= 0.6 is 0 Å². The number of primary amides is 1. The molecule has 3 aromatic rings. The first-order valence-electron chi connectivity index (χ1n) is 15.9. The van der Waals surface area contributed by atoms with E-state index in [2.05, 4.69) is 20.4 Å². The third-order valence-corrected chi connectivity index (χ3v) is 9.55. The minimum atomic E-state index is -0.616. The van der Waals surface area contributed by atoms with Gasteiger partial charge in [0, 0.05) is 50.9 Å². The van der Waals surface area contributed by atoms with Gasteiger partial charge in [-0.2, -0.15) is 5.10 Å². The SMILES string of the molecule is COc1ccc(F)cc1C(=O)NCc1ccc(-c2nn(C3CCN(C4CN(CC5CCNCC5)C4)CC3)c(N)c2C(N)=O)cc1. The van der Waals surface area contributed by atoms with Crippen molar-refractivity contribution in [3.05, 3.63) is 65.0 Å². The van der Waals surface area contributed by atoms with E-state index in [-0.39, 0.29) is 23.7 Å². The van der Waals surface area contributed by atoms with Crippen molar-refractivity contribution in [2.24, 2.45) is 11.7 Å². The molecule has 3 aliphatic rings. The van der Waals surface area contributed by atoms with E-state index >= 15 is 0 Å². The Kier molecular flexibility index (Phi) is 9.34. The molecule has 4 heterocycles. The maximum absolute atomic E-state index is 13.7. The highest BCUT2D eigenvalue weighted by molar-refractivity contribution is 6.03. The summed E-state index contributed by atoms with van der Waals surface area (Å²) < 4.78 is 20.7. The number of nitrogens with one attached hydrogen (secondary N) is 2. The zero-order valence-electron chi connectivity index (χ0n) is 25.8. The third-order valence-electron chi connectivity index (χ3n) is 9.55. The number of halogens is 1. The lowest BCUT2D eigenvalue weighted by molar-refractivity contribution is 0.00462. The van der Waals surface area contributed by atoms with Gasteiger partial charge in [-0.3, -0.25) is 19.4 Å². The summed E-state index contributed by atoms with van der Waals surface area (Å²) in [5.41, 5.74) is 14.6. The second-order valence-corrected chi connectivity index (χ2v) is 12.5. The molecule has 3 fully saturated rings. The van der Waals surface area contributed by atoms with Gasteiger partial charge < -0.3 is 26.8 Å². The topological polar surface area (TPSA) is 144 Å². The molecule has 0 unspecified atom stereocenters. The highest BCUT2D eigenvalue weighted by atomic mass is 19.1. The first-order chi connectivity index (χ1) is 21.8. The first-order valence-corrected chi connectivity index (χ1v) is 15.9. The average Bonchev–Trinajstić information content (AvgIpc) is 3.39. The summed E-state index contributed by atoms with van der Waals surface area (Å²) in [7, 11) is 1.43. The number of hydrogen-bond acceptors (Lipinski definition) is 8. The Labute approximate surface area is 263 Å². The van der Waals surface area contributed by atoms with Gasteiger partial charge in [0.15, 0.2) is 0 Å². The molecule has 240 valence electrons. The molecule has 0 radical (unpaired) electrons. The number of aromatic nitrogens is 2. The van der Waals surface area contributed by atoms with Crippen molar-refractivity contribution in [2.45, 2.75) is 44.3 Å². The Hall–Kier alpha value is -4.00. The lowest BCUT2D eigenvalue weighted by atomic mass is 9.94. The number of ether oxygens (including phenoxy) is 1. The zero-order chi connectivity index (χ0) is 31.5. The van der Waals surface area contributed by atoms with E-state index in [1.54, 1.807) is 4.68 Å². The number of anilines is 1. The molecule has 3 aliphatic heterocycles. The lowest BCUT2D eigenvalue weighted by Gasteiger charge is -2.48. The smallest absolute Gasteiger partial charge is 0.255 e. The number of hydrogen-bond donors (Lipinski definition) is 4. The molecule has 0 atom stereocenters. The predicted molar refractivity (Wildman–Crippen MR) is 170 cm³/mol. The molecule has 0 aliphatic carbocycles. The second kappa shape index (κ2) is 13.6. The van der Waals surface area contributed by atoms with E-state index < -0.39 is 17.6 Å². The van der Waals surface area contributed by atoms with Crippen LogP contribution in [0.2, 0.25) is 0 Å². The van der Waals surface area contributed by atoms with Crippen LogP contribution < -0.4 is 26.8 Å². The molecule has 45 heavy (non-hydrogen) atoms. The number of carbonyl (C=O) groups excluding carboxylic acids is 2. The van der Waals surface area contributed by atoms with Crippen LogP contribution in [0.5, 0.6) is 5.75 Å². The number of amides is 2. The van der Waals surface area contributed by atoms with Gasteiger partial charge in [-0.25, -0.2) is 9.07 Å². The number of nitrogens with zero attached hydrogens (tertiary/aromatic N) is 4. The fraction of sp³-hybridized carbons (Fsp3) is 0.485. The van der Waals surface area contributed by atoms with Gasteiger partial charge in [-0.05, 0) is 68.5 Å². The lowest BCUT2D eigenvalue weighted by Crippen LogP contribution is -2.61. The molecule has 12 heteroatoms. The number of piperidine rings is 2. The van der Waals surface area contributed by atoms with E-state index in [1.807, 2.05) is 24.3 Å². The van der Waals surface area contributed by atoms with Gasteiger partial charge in [-0.1, -0.05) is 24.3 Å². The van der Waals surface area contributed by atoms with Gasteiger partial charge in [0.25, 0.3) is 11.8 Å². The molecule has 0 saturated carbocycles. The minimum Gasteiger partial charge on any atom is -0.496 e. The fourth-order valence-electron chi connectivity index (χ4n) is 6.93. The fourth-order valence-corrected chi connectivity index (χ4v) is 6.93. The van der Waals surface area contributed by atoms with Crippen molar-refractivity contribution >= 4 is 17.6 Å². The van der Waals surface area contributed by atoms with Crippen LogP contribution in [0, 0.1) is 11.7 Å². The summed E-state index contributed by atoms with van der Waals surface area (Å²) in [6.45, 7) is 7.96. The number of rotatable bonds is 10. The van der Waals surface area contributed by atoms with E-state index in [9.17, 15) is 14.0 Å². The number of likely N-dealkylation sites (tertiary alicyclic amines) is 2. The summed E-state index contributed by atoms with van der Waals surface area (Å²) in [6.07, 6.45) is 4.37. The summed E-state index contributed by atoms with van der Waals surface area (Å²) in [5.74, 6) is -0.172. The van der Waals surface area contributed by atoms with Crippen molar-refractivity contribution < 1.29 is 18.7 Å². The second-order valence-electron chi connectivity index (χ2n) is 12.5. The van der Waals surface area contributed by atoms with Gasteiger partial charge >= 0.3 is 0 Å². The summed E-state index contributed by atoms with van der Waals surface area (Å²) in [6, 6.07) is 11.8. The Morgan fingerprint density at radius 1 is 1.04 bits per heavy atom. The van der Waals surface area contributed by atoms with E-state index in [0.29, 0.717) is 28.9 Å². The highest BCUT2D eigenvalue weighted by Gasteiger charge is 2.36. The molecular weight excluding hydrogens is 575 g/mol. The molecule has 2 aromatic carbocycles. The Balaban J connectivity index is 1.06. The molecule has 0 spiro atoms. The molecular formula is C33H43FN8O3. The van der Waals surface area contributed by atoms with E-state index in [4.69, 9.17) is 21.3 Å². The van der Waals surface area contributed by atoms with Crippen LogP contribution in [-0.4, -0.2) is 90.4 Å². The standard InChI is InChI=1S/C33H43FN8O3/c1-45-28-7-6-24(34)16-27(28)33(44)38-17-21-2-4-23(5-3-21)30-29(32(36)43)31(35)42(39-30)25-10-14-41(15-11-25)26-19-40(20-26)18-22-8-12-37-13-9-22/h2-7,16,22,25-26,37H,8-15,17-20,35H2,1H3,(H2,36,43)(H,38,44). The number of nitrogen functional groups attached to an aromatic ring is 1. The summed E-state index contributed by atoms with van der Waals surface area (Å²) in [4.78, 5) is 30.4. The molecule has 0 bridgehead atoms. The molecule has 2 amide bonds. The molecule has 3 saturated heterocycles. The van der Waals surface area contributed by atoms with Gasteiger partial charge in [0.2, 0.25) is 0 Å². The number of methoxy groups -OCH3 is 1. The van der Waals surface area contributed by atoms with Crippen LogP contribution in [-0.2, 0) is 6.54 Å². The van der Waals surface area contributed by atoms with Crippen molar-refractivity contribution in [1.82, 2.24) is 30.2 Å². The van der Waals surface area contributed by atoms with Crippen LogP contribution in [0.25, 0.3) is 11.3 Å². The highest BCUT2D eigenvalue weighted by Crippen LogP contribution is 2.34. The van der Waals surface area contributed by atoms with Gasteiger partial charge in [0.05, 0.1) is 18.7 Å². The number of nitrogens with two attached hydrogens (primary N) is 2. The minimum absolute atomic E-state index is 0.0910. The molecule has 6 rings (SSSR count). The van der Waals surface area contributed by atoms with Gasteiger partial charge in [0.1, 0.15) is 28.6 Å². The van der Waals surface area contributed by atoms with Crippen LogP contribution in [0.1, 0.15) is 58.0 Å². The summed E-state index contributed by atoms with van der Waals surface area (Å²) >= 11 is 0. The maximum Gasteiger partial charge on any atom is 0.255 e. The van der Waals surface area contributed by atoms with E-state index in [0.717, 1.165) is 69.7 Å². The number of carbonyl (C=O) groups is 2. The van der Waals surface area contributed by atoms with E-state index in [1.165, 1.54) is 38.6 Å². The number of benzene rings is 2. The van der Waals surface area contributed by atoms with Crippen molar-refractivity contribution in [3.63, 3.8) is 0 Å². The normalized spacial score (nSPS) is 18.9. The van der Waals surface area contributed by atoms with Crippen LogP contribution in [0.3, 0.4) is 0 Å². The maximum atomic E-state index is 13.7. The predicted octanol–water partition coefficient (Wildman–Crippen LogP) is 2.63. The Morgan fingerprint density at radius 2 is 1.76 bits per heavy atom. The summed E-state index contributed by atoms with van der Waals surface area (Å²) in [5, 5.41) is 11.1. The first kappa shape index (κ1) is 31.0. The molecule has 6 N–H and O–H groups in total. The van der Waals surface area contributed by atoms with Gasteiger partial charge in [-0.15, -0.1) is 0 Å². The van der Waals surface area contributed by atoms with Crippen molar-refractivity contribution in [1.29, 1.82) is 0 Å². The van der Waals surface area contributed by atoms with Crippen molar-refractivity contribution in [2.75, 3.05) is 58.7 Å².